The Morgan fingerprint density at radius 2 is 1.36 bits per heavy atom. The summed E-state index contributed by atoms with van der Waals surface area (Å²) in [5.41, 5.74) is 2.48. The van der Waals surface area contributed by atoms with Crippen molar-refractivity contribution in [2.24, 2.45) is 0 Å². The Kier molecular flexibility index (Phi) is 7.01. The van der Waals surface area contributed by atoms with Crippen LogP contribution in [0.5, 0.6) is 23.0 Å². The lowest BCUT2D eigenvalue weighted by Crippen LogP contribution is -3.26. The fraction of sp³-hybridized carbons (Fsp3) is 0.455. The number of nitrogens with one attached hydrogen (secondary N) is 2. The van der Waals surface area contributed by atoms with E-state index in [2.05, 4.69) is 24.3 Å². The Labute approximate surface area is 167 Å². The zero-order valence-electron chi connectivity index (χ0n) is 17.3. The normalized spacial score (nSPS) is 19.1. The third-order valence-corrected chi connectivity index (χ3v) is 5.54. The molecule has 6 heteroatoms. The van der Waals surface area contributed by atoms with E-state index in [1.54, 1.807) is 33.3 Å². The van der Waals surface area contributed by atoms with Crippen molar-refractivity contribution in [1.82, 2.24) is 0 Å². The molecular formula is C22H32N2O4+2. The highest BCUT2D eigenvalue weighted by Gasteiger charge is 2.26. The molecule has 3 rings (SSSR count). The Bertz CT molecular complexity index is 748. The third kappa shape index (κ3) is 4.51. The summed E-state index contributed by atoms with van der Waals surface area (Å²) >= 11 is 0. The van der Waals surface area contributed by atoms with E-state index in [0.717, 1.165) is 56.4 Å². The maximum atomic E-state index is 5.53. The van der Waals surface area contributed by atoms with Crippen LogP contribution in [0.2, 0.25) is 0 Å². The number of hydrogen-bond donors (Lipinski definition) is 2. The van der Waals surface area contributed by atoms with Crippen LogP contribution in [-0.2, 0) is 6.42 Å². The van der Waals surface area contributed by atoms with Crippen molar-refractivity contribution in [2.75, 3.05) is 61.2 Å². The lowest BCUT2D eigenvalue weighted by atomic mass is 10.1. The molecule has 0 aliphatic carbocycles. The standard InChI is InChI=1S/C22H30N2O4/c1-25-19-8-6-5-7-18(19)24-13-11-23(12-14-24)10-9-17-15-20(26-2)22(28-4)21(16-17)27-3/h5-8,15-16H,9-14H2,1-4H3/p+2. The molecule has 2 aromatic carbocycles. The maximum Gasteiger partial charge on any atom is 0.203 e. The average Bonchev–Trinajstić information content (AvgIpc) is 2.77. The van der Waals surface area contributed by atoms with Crippen LogP contribution < -0.4 is 28.7 Å². The first kappa shape index (κ1) is 20.3. The molecule has 1 heterocycles. The van der Waals surface area contributed by atoms with Gasteiger partial charge in [0.05, 0.1) is 35.0 Å². The summed E-state index contributed by atoms with van der Waals surface area (Å²) in [6.07, 6.45) is 0.982. The molecule has 1 aliphatic heterocycles. The minimum atomic E-state index is 0.648. The molecule has 0 bridgehead atoms. The Morgan fingerprint density at radius 3 is 1.93 bits per heavy atom. The molecule has 0 atom stereocenters. The summed E-state index contributed by atoms with van der Waals surface area (Å²) in [6, 6.07) is 12.4. The van der Waals surface area contributed by atoms with Crippen molar-refractivity contribution in [1.29, 1.82) is 0 Å². The van der Waals surface area contributed by atoms with Crippen molar-refractivity contribution in [3.05, 3.63) is 42.0 Å². The molecule has 0 saturated carbocycles. The van der Waals surface area contributed by atoms with Crippen molar-refractivity contribution >= 4 is 5.69 Å². The largest absolute Gasteiger partial charge is 0.493 e. The molecule has 0 radical (unpaired) electrons. The summed E-state index contributed by atoms with van der Waals surface area (Å²) in [7, 11) is 6.70. The highest BCUT2D eigenvalue weighted by molar-refractivity contribution is 5.53. The van der Waals surface area contributed by atoms with E-state index in [4.69, 9.17) is 18.9 Å². The maximum absolute atomic E-state index is 5.53. The number of hydrogen-bond acceptors (Lipinski definition) is 4. The van der Waals surface area contributed by atoms with Gasteiger partial charge in [0.25, 0.3) is 0 Å². The van der Waals surface area contributed by atoms with E-state index in [1.165, 1.54) is 16.2 Å². The number of rotatable bonds is 8. The Hall–Kier alpha value is -2.44. The topological polar surface area (TPSA) is 45.8 Å². The van der Waals surface area contributed by atoms with E-state index >= 15 is 0 Å². The van der Waals surface area contributed by atoms with Crippen LogP contribution in [0.25, 0.3) is 0 Å². The molecule has 1 saturated heterocycles. The van der Waals surface area contributed by atoms with Gasteiger partial charge in [-0.2, -0.15) is 0 Å². The second-order valence-electron chi connectivity index (χ2n) is 7.09. The van der Waals surface area contributed by atoms with E-state index < -0.39 is 0 Å². The van der Waals surface area contributed by atoms with Gasteiger partial charge in [-0.05, 0) is 23.8 Å². The second-order valence-corrected chi connectivity index (χ2v) is 7.09. The molecule has 0 unspecified atom stereocenters. The highest BCUT2D eigenvalue weighted by atomic mass is 16.5. The summed E-state index contributed by atoms with van der Waals surface area (Å²) in [5.74, 6) is 3.07. The van der Waals surface area contributed by atoms with Gasteiger partial charge in [-0.15, -0.1) is 0 Å². The Balaban J connectivity index is 1.58. The van der Waals surface area contributed by atoms with Crippen LogP contribution in [0.3, 0.4) is 0 Å². The number of piperazine rings is 1. The lowest BCUT2D eigenvalue weighted by molar-refractivity contribution is -0.986. The smallest absolute Gasteiger partial charge is 0.203 e. The quantitative estimate of drug-likeness (QED) is 0.686. The Morgan fingerprint density at radius 1 is 0.750 bits per heavy atom. The molecule has 6 nitrogen and oxygen atoms in total. The number of benzene rings is 2. The van der Waals surface area contributed by atoms with Crippen LogP contribution in [0, 0.1) is 0 Å². The molecule has 1 fully saturated rings. The van der Waals surface area contributed by atoms with Gasteiger partial charge >= 0.3 is 0 Å². The minimum Gasteiger partial charge on any atom is -0.493 e. The zero-order chi connectivity index (χ0) is 19.9. The van der Waals surface area contributed by atoms with Crippen LogP contribution in [0.15, 0.2) is 36.4 Å². The van der Waals surface area contributed by atoms with Crippen LogP contribution in [0.4, 0.5) is 5.69 Å². The molecule has 1 aliphatic rings. The first-order valence-electron chi connectivity index (χ1n) is 9.80. The van der Waals surface area contributed by atoms with Gasteiger partial charge in [-0.3, -0.25) is 4.90 Å². The van der Waals surface area contributed by atoms with Gasteiger partial charge in [0.1, 0.15) is 26.2 Å². The van der Waals surface area contributed by atoms with Crippen LogP contribution in [-0.4, -0.2) is 61.2 Å². The minimum absolute atomic E-state index is 0.648. The number of para-hydroxylation sites is 2. The SMILES string of the molecule is COc1ccccc1[NH+]1CC[NH+](CCc2cc(OC)c(OC)c(OC)c2)CC1. The molecule has 0 spiro atoms. The predicted molar refractivity (Wildman–Crippen MR) is 109 cm³/mol. The lowest BCUT2D eigenvalue weighted by Gasteiger charge is -2.30. The summed E-state index contributed by atoms with van der Waals surface area (Å²) in [6.45, 7) is 5.63. The van der Waals surface area contributed by atoms with Gasteiger partial charge in [0.15, 0.2) is 22.9 Å². The van der Waals surface area contributed by atoms with Crippen molar-refractivity contribution in [2.45, 2.75) is 6.42 Å². The van der Waals surface area contributed by atoms with Crippen molar-refractivity contribution in [3.63, 3.8) is 0 Å². The fourth-order valence-electron chi connectivity index (χ4n) is 3.96. The molecule has 0 amide bonds. The first-order chi connectivity index (χ1) is 13.7. The van der Waals surface area contributed by atoms with Crippen molar-refractivity contribution in [3.8, 4) is 23.0 Å². The van der Waals surface area contributed by atoms with Crippen LogP contribution in [0.1, 0.15) is 5.56 Å². The van der Waals surface area contributed by atoms with E-state index in [1.807, 2.05) is 12.1 Å². The third-order valence-electron chi connectivity index (χ3n) is 5.54. The molecule has 0 aromatic heterocycles. The van der Waals surface area contributed by atoms with Gasteiger partial charge in [0, 0.05) is 12.5 Å². The predicted octanol–water partition coefficient (Wildman–Crippen LogP) is 0.379. The van der Waals surface area contributed by atoms with Crippen LogP contribution >= 0.6 is 0 Å². The first-order valence-corrected chi connectivity index (χ1v) is 9.80. The second kappa shape index (κ2) is 9.66. The van der Waals surface area contributed by atoms with E-state index in [0.29, 0.717) is 5.75 Å². The van der Waals surface area contributed by atoms with E-state index in [9.17, 15) is 0 Å². The number of quaternary nitrogens is 2. The summed E-state index contributed by atoms with van der Waals surface area (Å²) in [5, 5.41) is 0. The molecule has 2 aromatic rings. The fourth-order valence-corrected chi connectivity index (χ4v) is 3.96. The summed E-state index contributed by atoms with van der Waals surface area (Å²) < 4.78 is 21.9. The zero-order valence-corrected chi connectivity index (χ0v) is 17.3. The van der Waals surface area contributed by atoms with Crippen molar-refractivity contribution < 1.29 is 28.7 Å². The molecular weight excluding hydrogens is 356 g/mol. The van der Waals surface area contributed by atoms with Gasteiger partial charge in [0.2, 0.25) is 5.75 Å². The summed E-state index contributed by atoms with van der Waals surface area (Å²) in [4.78, 5) is 3.14. The monoisotopic (exact) mass is 388 g/mol. The molecule has 2 N–H and O–H groups in total. The van der Waals surface area contributed by atoms with Gasteiger partial charge in [-0.25, -0.2) is 0 Å². The van der Waals surface area contributed by atoms with Gasteiger partial charge < -0.3 is 23.8 Å². The number of methoxy groups -OCH3 is 4. The molecule has 28 heavy (non-hydrogen) atoms. The average molecular weight is 389 g/mol. The van der Waals surface area contributed by atoms with E-state index in [-0.39, 0.29) is 0 Å². The molecule has 152 valence electrons. The van der Waals surface area contributed by atoms with Gasteiger partial charge in [-0.1, -0.05) is 12.1 Å². The highest BCUT2D eigenvalue weighted by Crippen LogP contribution is 2.38. The number of ether oxygens (including phenoxy) is 4.